The van der Waals surface area contributed by atoms with Crippen LogP contribution in [-0.4, -0.2) is 36.5 Å². The van der Waals surface area contributed by atoms with Crippen molar-refractivity contribution in [1.29, 1.82) is 0 Å². The maximum Gasteiger partial charge on any atom is 0.338 e. The minimum Gasteiger partial charge on any atom is -0.464 e. The van der Waals surface area contributed by atoms with Crippen LogP contribution < -0.4 is 0 Å². The van der Waals surface area contributed by atoms with E-state index in [-0.39, 0.29) is 5.92 Å². The first kappa shape index (κ1) is 11.5. The summed E-state index contributed by atoms with van der Waals surface area (Å²) in [6, 6.07) is 0. The highest BCUT2D eigenvalue weighted by atomic mass is 16.5. The SMILES string of the molecule is CCOC(=O)C(O)(CC)C1CCOC1. The molecule has 1 fully saturated rings. The zero-order valence-corrected chi connectivity index (χ0v) is 8.78. The fraction of sp³-hybridized carbons (Fsp3) is 0.900. The second kappa shape index (κ2) is 4.75. The van der Waals surface area contributed by atoms with Crippen molar-refractivity contribution in [2.75, 3.05) is 19.8 Å². The van der Waals surface area contributed by atoms with Gasteiger partial charge in [-0.15, -0.1) is 0 Å². The number of hydrogen-bond donors (Lipinski definition) is 1. The van der Waals surface area contributed by atoms with Crippen molar-refractivity contribution in [3.8, 4) is 0 Å². The highest BCUT2D eigenvalue weighted by Crippen LogP contribution is 2.30. The summed E-state index contributed by atoms with van der Waals surface area (Å²) in [7, 11) is 0. The van der Waals surface area contributed by atoms with Crippen LogP contribution in [0.3, 0.4) is 0 Å². The highest BCUT2D eigenvalue weighted by molar-refractivity contribution is 5.79. The van der Waals surface area contributed by atoms with Gasteiger partial charge >= 0.3 is 5.97 Å². The summed E-state index contributed by atoms with van der Waals surface area (Å²) in [6.45, 7) is 4.89. The Morgan fingerprint density at radius 1 is 1.64 bits per heavy atom. The summed E-state index contributed by atoms with van der Waals surface area (Å²) in [4.78, 5) is 11.6. The molecule has 4 heteroatoms. The largest absolute Gasteiger partial charge is 0.464 e. The summed E-state index contributed by atoms with van der Waals surface area (Å²) in [6.07, 6.45) is 1.10. The van der Waals surface area contributed by atoms with Crippen LogP contribution in [0.4, 0.5) is 0 Å². The number of ether oxygens (including phenoxy) is 2. The average Bonchev–Trinajstić information content (AvgIpc) is 2.70. The molecule has 0 aromatic carbocycles. The van der Waals surface area contributed by atoms with Gasteiger partial charge in [-0.3, -0.25) is 0 Å². The molecule has 14 heavy (non-hydrogen) atoms. The van der Waals surface area contributed by atoms with E-state index in [1.165, 1.54) is 0 Å². The van der Waals surface area contributed by atoms with E-state index in [4.69, 9.17) is 9.47 Å². The Morgan fingerprint density at radius 2 is 2.36 bits per heavy atom. The van der Waals surface area contributed by atoms with E-state index in [1.807, 2.05) is 0 Å². The average molecular weight is 202 g/mol. The number of aliphatic hydroxyl groups is 1. The maximum atomic E-state index is 11.6. The van der Waals surface area contributed by atoms with Crippen molar-refractivity contribution < 1.29 is 19.4 Å². The van der Waals surface area contributed by atoms with Crippen molar-refractivity contribution in [2.24, 2.45) is 5.92 Å². The Morgan fingerprint density at radius 3 is 2.79 bits per heavy atom. The van der Waals surface area contributed by atoms with E-state index in [2.05, 4.69) is 0 Å². The third-order valence-corrected chi connectivity index (χ3v) is 2.77. The number of carbonyl (C=O) groups is 1. The Kier molecular flexibility index (Phi) is 3.89. The topological polar surface area (TPSA) is 55.8 Å². The van der Waals surface area contributed by atoms with Gasteiger partial charge in [0.25, 0.3) is 0 Å². The molecule has 1 saturated heterocycles. The van der Waals surface area contributed by atoms with Gasteiger partial charge in [0, 0.05) is 12.5 Å². The molecule has 0 aliphatic carbocycles. The highest BCUT2D eigenvalue weighted by Gasteiger charge is 2.45. The molecule has 1 N–H and O–H groups in total. The molecular weight excluding hydrogens is 184 g/mol. The summed E-state index contributed by atoms with van der Waals surface area (Å²) in [5.74, 6) is -0.635. The predicted octanol–water partition coefficient (Wildman–Crippen LogP) is 0.727. The van der Waals surface area contributed by atoms with E-state index in [0.29, 0.717) is 26.2 Å². The van der Waals surface area contributed by atoms with Crippen LogP contribution >= 0.6 is 0 Å². The first-order chi connectivity index (χ1) is 6.65. The molecule has 1 heterocycles. The Bertz CT molecular complexity index is 198. The molecule has 0 aromatic rings. The molecule has 0 amide bonds. The molecule has 1 aliphatic heterocycles. The van der Waals surface area contributed by atoms with Gasteiger partial charge in [-0.1, -0.05) is 6.92 Å². The predicted molar refractivity (Wildman–Crippen MR) is 50.8 cm³/mol. The third kappa shape index (κ3) is 2.07. The van der Waals surface area contributed by atoms with Crippen LogP contribution in [-0.2, 0) is 14.3 Å². The van der Waals surface area contributed by atoms with E-state index >= 15 is 0 Å². The van der Waals surface area contributed by atoms with Gasteiger partial charge in [0.2, 0.25) is 0 Å². The van der Waals surface area contributed by atoms with Gasteiger partial charge in [0.15, 0.2) is 5.60 Å². The fourth-order valence-electron chi connectivity index (χ4n) is 1.77. The molecule has 0 radical (unpaired) electrons. The molecule has 1 aliphatic rings. The number of hydrogen-bond acceptors (Lipinski definition) is 4. The molecule has 0 aromatic heterocycles. The van der Waals surface area contributed by atoms with E-state index in [9.17, 15) is 9.90 Å². The number of esters is 1. The van der Waals surface area contributed by atoms with E-state index in [0.717, 1.165) is 6.42 Å². The molecule has 0 saturated carbocycles. The molecule has 2 atom stereocenters. The first-order valence-electron chi connectivity index (χ1n) is 5.12. The van der Waals surface area contributed by atoms with Crippen molar-refractivity contribution >= 4 is 5.97 Å². The Hall–Kier alpha value is -0.610. The first-order valence-corrected chi connectivity index (χ1v) is 5.12. The molecule has 2 unspecified atom stereocenters. The van der Waals surface area contributed by atoms with Crippen LogP contribution in [0.5, 0.6) is 0 Å². The normalized spacial score (nSPS) is 25.8. The number of carbonyl (C=O) groups excluding carboxylic acids is 1. The second-order valence-corrected chi connectivity index (χ2v) is 3.56. The van der Waals surface area contributed by atoms with Gasteiger partial charge in [-0.25, -0.2) is 4.79 Å². The van der Waals surface area contributed by atoms with Gasteiger partial charge in [0.05, 0.1) is 13.2 Å². The monoisotopic (exact) mass is 202 g/mol. The van der Waals surface area contributed by atoms with Crippen molar-refractivity contribution in [2.45, 2.75) is 32.3 Å². The Labute approximate surface area is 84.2 Å². The molecular formula is C10H18O4. The zero-order valence-electron chi connectivity index (χ0n) is 8.78. The fourth-order valence-corrected chi connectivity index (χ4v) is 1.77. The second-order valence-electron chi connectivity index (χ2n) is 3.56. The van der Waals surface area contributed by atoms with Crippen LogP contribution in [0.1, 0.15) is 26.7 Å². The lowest BCUT2D eigenvalue weighted by Gasteiger charge is -2.29. The van der Waals surface area contributed by atoms with Crippen molar-refractivity contribution in [3.63, 3.8) is 0 Å². The smallest absolute Gasteiger partial charge is 0.338 e. The van der Waals surface area contributed by atoms with E-state index < -0.39 is 11.6 Å². The zero-order chi connectivity index (χ0) is 10.6. The number of rotatable bonds is 4. The maximum absolute atomic E-state index is 11.6. The minimum atomic E-state index is -1.35. The molecule has 0 bridgehead atoms. The van der Waals surface area contributed by atoms with Crippen LogP contribution in [0.15, 0.2) is 0 Å². The summed E-state index contributed by atoms with van der Waals surface area (Å²) in [5.41, 5.74) is -1.35. The van der Waals surface area contributed by atoms with Crippen molar-refractivity contribution in [3.05, 3.63) is 0 Å². The lowest BCUT2D eigenvalue weighted by molar-refractivity contribution is -0.172. The Balaban J connectivity index is 2.68. The van der Waals surface area contributed by atoms with E-state index in [1.54, 1.807) is 13.8 Å². The summed E-state index contributed by atoms with van der Waals surface area (Å²) < 4.78 is 10.0. The third-order valence-electron chi connectivity index (χ3n) is 2.77. The standard InChI is InChI=1S/C10H18O4/c1-3-10(12,9(11)14-4-2)8-5-6-13-7-8/h8,12H,3-7H2,1-2H3. The molecule has 82 valence electrons. The van der Waals surface area contributed by atoms with Crippen LogP contribution in [0.25, 0.3) is 0 Å². The van der Waals surface area contributed by atoms with Gasteiger partial charge in [0.1, 0.15) is 0 Å². The van der Waals surface area contributed by atoms with Gasteiger partial charge in [-0.05, 0) is 19.8 Å². The molecule has 4 nitrogen and oxygen atoms in total. The lowest BCUT2D eigenvalue weighted by atomic mass is 9.84. The van der Waals surface area contributed by atoms with Gasteiger partial charge < -0.3 is 14.6 Å². The molecule has 0 spiro atoms. The lowest BCUT2D eigenvalue weighted by Crippen LogP contribution is -2.46. The minimum absolute atomic E-state index is 0.119. The molecule has 1 rings (SSSR count). The van der Waals surface area contributed by atoms with Crippen LogP contribution in [0, 0.1) is 5.92 Å². The summed E-state index contributed by atoms with van der Waals surface area (Å²) >= 11 is 0. The van der Waals surface area contributed by atoms with Gasteiger partial charge in [-0.2, -0.15) is 0 Å². The van der Waals surface area contributed by atoms with Crippen molar-refractivity contribution in [1.82, 2.24) is 0 Å². The quantitative estimate of drug-likeness (QED) is 0.683. The van der Waals surface area contributed by atoms with Crippen LogP contribution in [0.2, 0.25) is 0 Å². The summed E-state index contributed by atoms with van der Waals surface area (Å²) in [5, 5.41) is 10.2.